The van der Waals surface area contributed by atoms with Gasteiger partial charge in [-0.3, -0.25) is 0 Å². The number of rotatable bonds is 7. The largest absolute Gasteiger partial charge is 0.507 e. The van der Waals surface area contributed by atoms with Gasteiger partial charge in [-0.1, -0.05) is 58.9 Å². The van der Waals surface area contributed by atoms with Crippen LogP contribution in [-0.2, 0) is 0 Å². The molecule has 0 saturated heterocycles. The first-order valence-corrected chi connectivity index (χ1v) is 12.5. The Hall–Kier alpha value is -1.55. The van der Waals surface area contributed by atoms with E-state index < -0.39 is 0 Å². The normalized spacial score (nSPS) is 19.3. The second kappa shape index (κ2) is 10.5. The summed E-state index contributed by atoms with van der Waals surface area (Å²) < 4.78 is 5.83. The molecule has 2 atom stereocenters. The monoisotopic (exact) mass is 416 g/mol. The van der Waals surface area contributed by atoms with E-state index in [1.807, 2.05) is 25.3 Å². The lowest BCUT2D eigenvalue weighted by Crippen LogP contribution is -2.18. The maximum Gasteiger partial charge on any atom is 0.343 e. The predicted molar refractivity (Wildman–Crippen MR) is 121 cm³/mol. The molecule has 2 aromatic rings. The predicted octanol–water partition coefficient (Wildman–Crippen LogP) is 7.44. The highest BCUT2D eigenvalue weighted by molar-refractivity contribution is 7.10. The molecule has 4 heteroatoms. The smallest absolute Gasteiger partial charge is 0.343 e. The lowest BCUT2D eigenvalue weighted by molar-refractivity contribution is 0.290. The van der Waals surface area contributed by atoms with Gasteiger partial charge in [0.15, 0.2) is 0 Å². The van der Waals surface area contributed by atoms with Crippen LogP contribution in [0.25, 0.3) is 0 Å². The Labute approximate surface area is 179 Å². The van der Waals surface area contributed by atoms with Crippen LogP contribution >= 0.6 is 11.3 Å². The Balaban J connectivity index is 0.00000117. The molecule has 2 aromatic heterocycles. The molecule has 0 amide bonds. The lowest BCUT2D eigenvalue weighted by atomic mass is 9.81. The van der Waals surface area contributed by atoms with Crippen LogP contribution in [0.2, 0.25) is 0 Å². The quantitative estimate of drug-likeness (QED) is 0.510. The van der Waals surface area contributed by atoms with Crippen LogP contribution in [0.1, 0.15) is 107 Å². The zero-order valence-electron chi connectivity index (χ0n) is 18.2. The second-order valence-electron chi connectivity index (χ2n) is 8.41. The zero-order chi connectivity index (χ0) is 20.8. The third kappa shape index (κ3) is 5.33. The number of aromatic hydroxyl groups is 1. The van der Waals surface area contributed by atoms with Gasteiger partial charge in [0.2, 0.25) is 0 Å². The summed E-state index contributed by atoms with van der Waals surface area (Å²) in [5.74, 6) is 2.19. The third-order valence-electron chi connectivity index (χ3n) is 6.48. The first-order valence-electron chi connectivity index (χ1n) is 11.6. The van der Waals surface area contributed by atoms with Crippen molar-refractivity contribution in [1.82, 2.24) is 0 Å². The Kier molecular flexibility index (Phi) is 7.99. The standard InChI is InChI=1S/C23H30O3S.C2H6/c1-2-16(13-15-7-4-3-5-8-15)19-14-18(24)22(23(25)26-19)21(17-10-11-17)20-9-6-12-27-20;1-2/h6,9,12,14-17,21,24H,2-5,7-8,10-11,13H2,1H3;1-2H3. The topological polar surface area (TPSA) is 50.4 Å². The van der Waals surface area contributed by atoms with Crippen molar-refractivity contribution >= 4 is 11.3 Å². The van der Waals surface area contributed by atoms with E-state index >= 15 is 0 Å². The summed E-state index contributed by atoms with van der Waals surface area (Å²) in [5.41, 5.74) is 0.133. The van der Waals surface area contributed by atoms with E-state index in [0.717, 1.165) is 36.5 Å². The van der Waals surface area contributed by atoms with Crippen molar-refractivity contribution in [1.29, 1.82) is 0 Å². The maximum absolute atomic E-state index is 12.9. The molecule has 0 spiro atoms. The van der Waals surface area contributed by atoms with Gasteiger partial charge in [0, 0.05) is 22.8 Å². The molecule has 0 aliphatic heterocycles. The van der Waals surface area contributed by atoms with Crippen LogP contribution in [0.4, 0.5) is 0 Å². The van der Waals surface area contributed by atoms with E-state index in [1.165, 1.54) is 32.1 Å². The molecular weight excluding hydrogens is 380 g/mol. The van der Waals surface area contributed by atoms with Crippen molar-refractivity contribution in [3.8, 4) is 5.75 Å². The summed E-state index contributed by atoms with van der Waals surface area (Å²) in [7, 11) is 0. The van der Waals surface area contributed by atoms with Gasteiger partial charge in [-0.15, -0.1) is 11.3 Å². The number of thiophene rings is 1. The van der Waals surface area contributed by atoms with Gasteiger partial charge in [0.1, 0.15) is 11.5 Å². The van der Waals surface area contributed by atoms with Gasteiger partial charge in [0.25, 0.3) is 0 Å². The zero-order valence-corrected chi connectivity index (χ0v) is 19.0. The van der Waals surface area contributed by atoms with Gasteiger partial charge in [-0.25, -0.2) is 4.79 Å². The lowest BCUT2D eigenvalue weighted by Gasteiger charge is -2.25. The summed E-state index contributed by atoms with van der Waals surface area (Å²) in [5, 5.41) is 12.8. The highest BCUT2D eigenvalue weighted by atomic mass is 32.1. The molecule has 2 aliphatic carbocycles. The fourth-order valence-corrected chi connectivity index (χ4v) is 5.74. The SMILES string of the molecule is CC.CCC(CC1CCCCC1)c1cc(O)c(C(c2cccs2)C2CC2)c(=O)o1. The summed E-state index contributed by atoms with van der Waals surface area (Å²) in [4.78, 5) is 14.1. The minimum Gasteiger partial charge on any atom is -0.507 e. The van der Waals surface area contributed by atoms with Crippen LogP contribution in [0.3, 0.4) is 0 Å². The fraction of sp³-hybridized carbons (Fsp3) is 0.640. The number of hydrogen-bond donors (Lipinski definition) is 1. The summed E-state index contributed by atoms with van der Waals surface area (Å²) in [6, 6.07) is 5.83. The molecule has 2 fully saturated rings. The van der Waals surface area contributed by atoms with Crippen molar-refractivity contribution in [3.05, 3.63) is 50.2 Å². The van der Waals surface area contributed by atoms with Crippen LogP contribution in [0, 0.1) is 11.8 Å². The van der Waals surface area contributed by atoms with Gasteiger partial charge in [-0.05, 0) is 49.0 Å². The highest BCUT2D eigenvalue weighted by Gasteiger charge is 2.38. The molecule has 29 heavy (non-hydrogen) atoms. The first-order chi connectivity index (χ1) is 14.2. The van der Waals surface area contributed by atoms with Crippen LogP contribution < -0.4 is 5.63 Å². The summed E-state index contributed by atoms with van der Waals surface area (Å²) >= 11 is 1.66. The van der Waals surface area contributed by atoms with E-state index in [9.17, 15) is 9.90 Å². The van der Waals surface area contributed by atoms with Crippen molar-refractivity contribution in [2.24, 2.45) is 11.8 Å². The van der Waals surface area contributed by atoms with E-state index in [4.69, 9.17) is 4.42 Å². The molecule has 2 saturated carbocycles. The van der Waals surface area contributed by atoms with Gasteiger partial charge in [0.05, 0.1) is 5.56 Å². The molecule has 2 unspecified atom stereocenters. The number of hydrogen-bond acceptors (Lipinski definition) is 4. The van der Waals surface area contributed by atoms with Crippen LogP contribution in [-0.4, -0.2) is 5.11 Å². The molecule has 0 radical (unpaired) electrons. The minimum atomic E-state index is -0.336. The van der Waals surface area contributed by atoms with Crippen molar-refractivity contribution < 1.29 is 9.52 Å². The summed E-state index contributed by atoms with van der Waals surface area (Å²) in [6.07, 6.45) is 10.8. The van der Waals surface area contributed by atoms with Crippen molar-refractivity contribution in [2.75, 3.05) is 0 Å². The third-order valence-corrected chi connectivity index (χ3v) is 7.43. The van der Waals surface area contributed by atoms with E-state index in [2.05, 4.69) is 13.0 Å². The van der Waals surface area contributed by atoms with Crippen LogP contribution in [0.15, 0.2) is 32.8 Å². The molecule has 2 heterocycles. The average molecular weight is 417 g/mol. The van der Waals surface area contributed by atoms with Gasteiger partial charge < -0.3 is 9.52 Å². The Morgan fingerprint density at radius 3 is 2.45 bits per heavy atom. The molecule has 0 bridgehead atoms. The molecule has 1 N–H and O–H groups in total. The highest BCUT2D eigenvalue weighted by Crippen LogP contribution is 2.49. The fourth-order valence-electron chi connectivity index (χ4n) is 4.81. The molecule has 0 aromatic carbocycles. The molecule has 3 nitrogen and oxygen atoms in total. The van der Waals surface area contributed by atoms with Crippen molar-refractivity contribution in [2.45, 2.75) is 90.4 Å². The van der Waals surface area contributed by atoms with Crippen LogP contribution in [0.5, 0.6) is 5.75 Å². The maximum atomic E-state index is 12.9. The Morgan fingerprint density at radius 1 is 1.17 bits per heavy atom. The van der Waals surface area contributed by atoms with Gasteiger partial charge in [-0.2, -0.15) is 0 Å². The second-order valence-corrected chi connectivity index (χ2v) is 9.39. The average Bonchev–Trinajstić information content (AvgIpc) is 3.44. The van der Waals surface area contributed by atoms with Gasteiger partial charge >= 0.3 is 5.63 Å². The molecule has 2 aliphatic rings. The minimum absolute atomic E-state index is 0.0197. The molecule has 4 rings (SSSR count). The van der Waals surface area contributed by atoms with E-state index in [0.29, 0.717) is 17.2 Å². The summed E-state index contributed by atoms with van der Waals surface area (Å²) in [6.45, 7) is 6.15. The Morgan fingerprint density at radius 2 is 1.90 bits per heavy atom. The van der Waals surface area contributed by atoms with E-state index in [-0.39, 0.29) is 23.2 Å². The van der Waals surface area contributed by atoms with Crippen molar-refractivity contribution in [3.63, 3.8) is 0 Å². The first kappa shape index (κ1) is 22.1. The Bertz CT molecular complexity index is 798. The van der Waals surface area contributed by atoms with E-state index in [1.54, 1.807) is 17.4 Å². The molecule has 160 valence electrons. The molecular formula is C25H36O3S.